The minimum Gasteiger partial charge on any atom is -0.377 e. The molecule has 0 radical (unpaired) electrons. The molecule has 1 unspecified atom stereocenters. The van der Waals surface area contributed by atoms with E-state index in [0.29, 0.717) is 5.56 Å². The van der Waals surface area contributed by atoms with Crippen molar-refractivity contribution in [1.29, 1.82) is 0 Å². The summed E-state index contributed by atoms with van der Waals surface area (Å²) in [4.78, 5) is 0. The Kier molecular flexibility index (Phi) is 3.97. The minimum absolute atomic E-state index is 0.311. The summed E-state index contributed by atoms with van der Waals surface area (Å²) in [5, 5.41) is 3.14. The first-order valence-corrected chi connectivity index (χ1v) is 6.34. The second-order valence-corrected chi connectivity index (χ2v) is 4.84. The van der Waals surface area contributed by atoms with E-state index in [-0.39, 0.29) is 6.04 Å². The lowest BCUT2D eigenvalue weighted by molar-refractivity contribution is 0.494. The highest BCUT2D eigenvalue weighted by molar-refractivity contribution is 9.10. The normalized spacial score (nSPS) is 12.2. The fourth-order valence-corrected chi connectivity index (χ4v) is 2.14. The molecule has 0 aliphatic carbocycles. The molecule has 4 heteroatoms. The number of para-hydroxylation sites is 1. The monoisotopic (exact) mass is 311 g/mol. The molecule has 1 N–H and O–H groups in total. The van der Waals surface area contributed by atoms with Crippen molar-refractivity contribution in [2.75, 3.05) is 5.32 Å². The molecule has 2 rings (SSSR count). The molecular formula is C14H12BrF2N. The number of nitrogens with one attached hydrogen (secondary N) is 1. The van der Waals surface area contributed by atoms with Crippen molar-refractivity contribution in [2.45, 2.75) is 13.0 Å². The molecule has 2 aromatic rings. The maximum Gasteiger partial charge on any atom is 0.164 e. The van der Waals surface area contributed by atoms with Crippen molar-refractivity contribution < 1.29 is 8.78 Å². The summed E-state index contributed by atoms with van der Waals surface area (Å²) >= 11 is 3.40. The molecule has 0 aliphatic heterocycles. The topological polar surface area (TPSA) is 12.0 Å². The van der Waals surface area contributed by atoms with Gasteiger partial charge in [0.2, 0.25) is 0 Å². The molecule has 0 aliphatic rings. The second kappa shape index (κ2) is 5.48. The largest absolute Gasteiger partial charge is 0.377 e. The highest BCUT2D eigenvalue weighted by atomic mass is 79.9. The van der Waals surface area contributed by atoms with Crippen LogP contribution in [0.2, 0.25) is 0 Å². The molecule has 94 valence electrons. The van der Waals surface area contributed by atoms with Crippen LogP contribution in [0, 0.1) is 11.6 Å². The van der Waals surface area contributed by atoms with E-state index in [0.717, 1.165) is 16.2 Å². The van der Waals surface area contributed by atoms with Gasteiger partial charge in [-0.25, -0.2) is 8.78 Å². The summed E-state index contributed by atoms with van der Waals surface area (Å²) in [5.74, 6) is -1.63. The van der Waals surface area contributed by atoms with Crippen molar-refractivity contribution >= 4 is 21.6 Å². The van der Waals surface area contributed by atoms with Crippen LogP contribution >= 0.6 is 15.9 Å². The van der Waals surface area contributed by atoms with E-state index in [4.69, 9.17) is 0 Å². The van der Waals surface area contributed by atoms with Gasteiger partial charge in [-0.05, 0) is 41.1 Å². The van der Waals surface area contributed by atoms with Gasteiger partial charge in [0.1, 0.15) is 0 Å². The van der Waals surface area contributed by atoms with Crippen LogP contribution in [-0.4, -0.2) is 0 Å². The van der Waals surface area contributed by atoms with Crippen LogP contribution in [0.15, 0.2) is 46.9 Å². The number of anilines is 1. The Bertz CT molecular complexity index is 557. The molecule has 18 heavy (non-hydrogen) atoms. The molecule has 2 aromatic carbocycles. The van der Waals surface area contributed by atoms with E-state index in [1.54, 1.807) is 13.0 Å². The first-order valence-electron chi connectivity index (χ1n) is 5.54. The number of hydrogen-bond acceptors (Lipinski definition) is 1. The number of hydrogen-bond donors (Lipinski definition) is 1. The zero-order valence-electron chi connectivity index (χ0n) is 9.75. The smallest absolute Gasteiger partial charge is 0.164 e. The Labute approximate surface area is 113 Å². The van der Waals surface area contributed by atoms with Gasteiger partial charge >= 0.3 is 0 Å². The van der Waals surface area contributed by atoms with Gasteiger partial charge in [-0.1, -0.05) is 24.3 Å². The molecule has 0 aromatic heterocycles. The Balaban J connectivity index is 2.25. The third-order valence-corrected chi connectivity index (χ3v) is 3.39. The van der Waals surface area contributed by atoms with Gasteiger partial charge < -0.3 is 5.32 Å². The summed E-state index contributed by atoms with van der Waals surface area (Å²) in [5.41, 5.74) is 1.15. The lowest BCUT2D eigenvalue weighted by atomic mass is 10.1. The lowest BCUT2D eigenvalue weighted by Crippen LogP contribution is -2.09. The van der Waals surface area contributed by atoms with Crippen LogP contribution in [0.25, 0.3) is 0 Å². The molecule has 0 spiro atoms. The summed E-state index contributed by atoms with van der Waals surface area (Å²) in [6.45, 7) is 1.79. The van der Waals surface area contributed by atoms with Gasteiger partial charge in [-0.3, -0.25) is 0 Å². The third-order valence-electron chi connectivity index (χ3n) is 2.69. The summed E-state index contributed by atoms with van der Waals surface area (Å²) in [6.07, 6.45) is 0. The summed E-state index contributed by atoms with van der Waals surface area (Å²) in [7, 11) is 0. The van der Waals surface area contributed by atoms with Gasteiger partial charge in [-0.15, -0.1) is 0 Å². The first kappa shape index (κ1) is 13.0. The molecule has 0 saturated heterocycles. The van der Waals surface area contributed by atoms with Gasteiger partial charge in [0.25, 0.3) is 0 Å². The first-order chi connectivity index (χ1) is 8.59. The fraction of sp³-hybridized carbons (Fsp3) is 0.143. The van der Waals surface area contributed by atoms with E-state index < -0.39 is 11.6 Å². The van der Waals surface area contributed by atoms with Gasteiger partial charge in [-0.2, -0.15) is 0 Å². The maximum atomic E-state index is 13.6. The van der Waals surface area contributed by atoms with Gasteiger partial charge in [0.15, 0.2) is 11.6 Å². The molecule has 1 atom stereocenters. The van der Waals surface area contributed by atoms with Crippen LogP contribution < -0.4 is 5.32 Å². The summed E-state index contributed by atoms with van der Waals surface area (Å²) < 4.78 is 27.7. The van der Waals surface area contributed by atoms with E-state index in [2.05, 4.69) is 21.2 Å². The predicted molar refractivity (Wildman–Crippen MR) is 72.5 cm³/mol. The molecule has 0 saturated carbocycles. The SMILES string of the molecule is CC(Nc1ccccc1Br)c1cccc(F)c1F. The Hall–Kier alpha value is -1.42. The number of rotatable bonds is 3. The van der Waals surface area contributed by atoms with E-state index >= 15 is 0 Å². The molecule has 0 fully saturated rings. The maximum absolute atomic E-state index is 13.6. The van der Waals surface area contributed by atoms with E-state index in [9.17, 15) is 8.78 Å². The van der Waals surface area contributed by atoms with Crippen LogP contribution in [0.5, 0.6) is 0 Å². The Morgan fingerprint density at radius 1 is 1.06 bits per heavy atom. The van der Waals surface area contributed by atoms with Gasteiger partial charge in [0.05, 0.1) is 6.04 Å². The molecule has 0 heterocycles. The molecule has 1 nitrogen and oxygen atoms in total. The molecular weight excluding hydrogens is 300 g/mol. The van der Waals surface area contributed by atoms with Crippen LogP contribution in [0.1, 0.15) is 18.5 Å². The Morgan fingerprint density at radius 3 is 2.50 bits per heavy atom. The minimum atomic E-state index is -0.826. The third kappa shape index (κ3) is 2.70. The van der Waals surface area contributed by atoms with Crippen LogP contribution in [0.4, 0.5) is 14.5 Å². The van der Waals surface area contributed by atoms with Crippen molar-refractivity contribution in [1.82, 2.24) is 0 Å². The second-order valence-electron chi connectivity index (χ2n) is 3.99. The standard InChI is InChI=1S/C14H12BrF2N/c1-9(10-5-4-7-12(16)14(10)17)18-13-8-3-2-6-11(13)15/h2-9,18H,1H3. The van der Waals surface area contributed by atoms with Crippen molar-refractivity contribution in [3.05, 3.63) is 64.1 Å². The van der Waals surface area contributed by atoms with E-state index in [1.165, 1.54) is 6.07 Å². The number of benzene rings is 2. The number of halogens is 3. The fourth-order valence-electron chi connectivity index (χ4n) is 1.74. The summed E-state index contributed by atoms with van der Waals surface area (Å²) in [6, 6.07) is 11.4. The zero-order valence-corrected chi connectivity index (χ0v) is 11.3. The molecule has 0 bridgehead atoms. The van der Waals surface area contributed by atoms with Crippen LogP contribution in [0.3, 0.4) is 0 Å². The van der Waals surface area contributed by atoms with Gasteiger partial charge in [0, 0.05) is 15.7 Å². The lowest BCUT2D eigenvalue weighted by Gasteiger charge is -2.17. The average molecular weight is 312 g/mol. The zero-order chi connectivity index (χ0) is 13.1. The van der Waals surface area contributed by atoms with Crippen molar-refractivity contribution in [3.8, 4) is 0 Å². The average Bonchev–Trinajstić information content (AvgIpc) is 2.35. The molecule has 0 amide bonds. The Morgan fingerprint density at radius 2 is 1.78 bits per heavy atom. The van der Waals surface area contributed by atoms with Crippen molar-refractivity contribution in [2.24, 2.45) is 0 Å². The highest BCUT2D eigenvalue weighted by Gasteiger charge is 2.14. The van der Waals surface area contributed by atoms with E-state index in [1.807, 2.05) is 24.3 Å². The quantitative estimate of drug-likeness (QED) is 0.850. The van der Waals surface area contributed by atoms with Crippen LogP contribution in [-0.2, 0) is 0 Å². The van der Waals surface area contributed by atoms with Crippen molar-refractivity contribution in [3.63, 3.8) is 0 Å². The predicted octanol–water partition coefficient (Wildman–Crippen LogP) is 4.90. The highest BCUT2D eigenvalue weighted by Crippen LogP contribution is 2.27.